The van der Waals surface area contributed by atoms with Crippen molar-refractivity contribution >= 4 is 35.4 Å². The minimum atomic E-state index is -1.13. The molecule has 0 radical (unpaired) electrons. The van der Waals surface area contributed by atoms with Gasteiger partial charge in [0.05, 0.1) is 21.7 Å². The van der Waals surface area contributed by atoms with Crippen LogP contribution in [0.3, 0.4) is 0 Å². The van der Waals surface area contributed by atoms with Crippen LogP contribution in [0.15, 0.2) is 53.6 Å². The van der Waals surface area contributed by atoms with Crippen LogP contribution in [0.25, 0.3) is 5.69 Å². The van der Waals surface area contributed by atoms with Crippen molar-refractivity contribution in [1.29, 1.82) is 0 Å². The number of rotatable bonds is 8. The number of nitro groups is 1. The summed E-state index contributed by atoms with van der Waals surface area (Å²) in [4.78, 5) is 33.8. The third-order valence-corrected chi connectivity index (χ3v) is 5.05. The molecule has 2 N–H and O–H groups in total. The highest BCUT2D eigenvalue weighted by molar-refractivity contribution is 6.33. The van der Waals surface area contributed by atoms with E-state index >= 15 is 0 Å². The lowest BCUT2D eigenvalue weighted by atomic mass is 10.2. The molecule has 2 aromatic carbocycles. The number of carbonyl (C=O) groups excluding carboxylic acids is 1. The van der Waals surface area contributed by atoms with Crippen molar-refractivity contribution in [2.24, 2.45) is 5.10 Å². The quantitative estimate of drug-likeness (QED) is 0.291. The van der Waals surface area contributed by atoms with Gasteiger partial charge in [-0.1, -0.05) is 23.7 Å². The van der Waals surface area contributed by atoms with Crippen molar-refractivity contribution in [3.63, 3.8) is 0 Å². The number of nitrogens with zero attached hydrogens (tertiary/aromatic N) is 3. The van der Waals surface area contributed by atoms with Gasteiger partial charge in [0.25, 0.3) is 5.91 Å². The molecule has 0 spiro atoms. The number of hydrogen-bond acceptors (Lipinski definition) is 6. The maximum absolute atomic E-state index is 12.0. The van der Waals surface area contributed by atoms with Crippen LogP contribution in [0.4, 0.5) is 5.69 Å². The fraction of sp³-hybridized carbons (Fsp3) is 0.136. The van der Waals surface area contributed by atoms with Gasteiger partial charge in [-0.05, 0) is 44.2 Å². The predicted octanol–water partition coefficient (Wildman–Crippen LogP) is 3.88. The van der Waals surface area contributed by atoms with Gasteiger partial charge in [0.2, 0.25) is 0 Å². The Morgan fingerprint density at radius 3 is 2.67 bits per heavy atom. The molecule has 170 valence electrons. The van der Waals surface area contributed by atoms with E-state index in [0.29, 0.717) is 11.3 Å². The van der Waals surface area contributed by atoms with Gasteiger partial charge in [-0.2, -0.15) is 5.10 Å². The van der Waals surface area contributed by atoms with Crippen molar-refractivity contribution in [2.45, 2.75) is 13.8 Å². The molecule has 0 saturated heterocycles. The number of hydrogen-bond donors (Lipinski definition) is 2. The van der Waals surface area contributed by atoms with Crippen molar-refractivity contribution in [3.8, 4) is 11.4 Å². The summed E-state index contributed by atoms with van der Waals surface area (Å²) in [5.41, 5.74) is 4.95. The fourth-order valence-corrected chi connectivity index (χ4v) is 3.41. The number of hydrazone groups is 1. The van der Waals surface area contributed by atoms with Crippen molar-refractivity contribution < 1.29 is 24.4 Å². The van der Waals surface area contributed by atoms with Gasteiger partial charge < -0.3 is 14.4 Å². The van der Waals surface area contributed by atoms with E-state index in [1.807, 2.05) is 24.5 Å². The topological polar surface area (TPSA) is 136 Å². The van der Waals surface area contributed by atoms with Crippen LogP contribution in [0.5, 0.6) is 5.75 Å². The Kier molecular flexibility index (Phi) is 7.09. The van der Waals surface area contributed by atoms with Crippen LogP contribution in [-0.2, 0) is 4.79 Å². The van der Waals surface area contributed by atoms with Gasteiger partial charge in [0.15, 0.2) is 12.4 Å². The number of benzene rings is 2. The number of carbonyl (C=O) groups is 2. The van der Waals surface area contributed by atoms with Gasteiger partial charge in [-0.25, -0.2) is 10.2 Å². The number of amides is 1. The smallest absolute Gasteiger partial charge is 0.337 e. The average molecular weight is 471 g/mol. The second kappa shape index (κ2) is 9.96. The van der Waals surface area contributed by atoms with Gasteiger partial charge in [-0.15, -0.1) is 0 Å². The normalized spacial score (nSPS) is 10.9. The zero-order chi connectivity index (χ0) is 24.1. The number of ether oxygens (including phenoxy) is 1. The Morgan fingerprint density at radius 1 is 1.24 bits per heavy atom. The van der Waals surface area contributed by atoms with E-state index in [9.17, 15) is 24.8 Å². The highest BCUT2D eigenvalue weighted by atomic mass is 35.5. The number of para-hydroxylation sites is 2. The molecule has 3 rings (SSSR count). The number of aromatic carboxylic acids is 1. The van der Waals surface area contributed by atoms with E-state index in [2.05, 4.69) is 10.5 Å². The summed E-state index contributed by atoms with van der Waals surface area (Å²) in [6.45, 7) is 3.21. The molecule has 33 heavy (non-hydrogen) atoms. The molecule has 10 nitrogen and oxygen atoms in total. The lowest BCUT2D eigenvalue weighted by molar-refractivity contribution is -0.385. The summed E-state index contributed by atoms with van der Waals surface area (Å²) in [6, 6.07) is 12.3. The number of carboxylic acids is 1. The zero-order valence-corrected chi connectivity index (χ0v) is 18.4. The van der Waals surface area contributed by atoms with Crippen LogP contribution < -0.4 is 10.2 Å². The number of nitrogens with one attached hydrogen (secondary N) is 1. The van der Waals surface area contributed by atoms with E-state index < -0.39 is 23.4 Å². The third kappa shape index (κ3) is 5.36. The lowest BCUT2D eigenvalue weighted by Gasteiger charge is -2.11. The highest BCUT2D eigenvalue weighted by Gasteiger charge is 2.16. The van der Waals surface area contributed by atoms with Crippen LogP contribution in [-0.4, -0.2) is 39.3 Å². The number of carboxylic acid groups (broad SMARTS) is 1. The first kappa shape index (κ1) is 23.5. The second-order valence-corrected chi connectivity index (χ2v) is 7.35. The Labute approximate surface area is 193 Å². The second-order valence-electron chi connectivity index (χ2n) is 6.94. The molecule has 0 aliphatic heterocycles. The largest absolute Gasteiger partial charge is 0.478 e. The molecule has 0 bridgehead atoms. The number of nitro benzene ring substituents is 1. The zero-order valence-electron chi connectivity index (χ0n) is 17.6. The summed E-state index contributed by atoms with van der Waals surface area (Å²) in [5.74, 6) is -1.74. The molecule has 0 unspecified atom stereocenters. The minimum absolute atomic E-state index is 0.0113. The van der Waals surface area contributed by atoms with Gasteiger partial charge in [0.1, 0.15) is 0 Å². The summed E-state index contributed by atoms with van der Waals surface area (Å²) >= 11 is 5.96. The van der Waals surface area contributed by atoms with Crippen molar-refractivity contribution in [3.05, 3.63) is 86.2 Å². The fourth-order valence-electron chi connectivity index (χ4n) is 3.21. The standard InChI is InChI=1S/C22H19ClN4O6/c1-13-9-15(14(2)26(13)16-7-8-18(23)17(10-16)22(29)30)11-24-25-21(28)12-33-20-6-4-3-5-19(20)27(31)32/h3-11H,12H2,1-2H3,(H,25,28)(H,29,30)/b24-11+. The van der Waals surface area contributed by atoms with E-state index in [1.165, 1.54) is 36.5 Å². The number of aryl methyl sites for hydroxylation is 1. The van der Waals surface area contributed by atoms with Crippen LogP contribution in [0.2, 0.25) is 5.02 Å². The molecule has 1 amide bonds. The molecule has 0 aliphatic carbocycles. The van der Waals surface area contributed by atoms with Gasteiger partial charge in [-0.3, -0.25) is 14.9 Å². The summed E-state index contributed by atoms with van der Waals surface area (Å²) in [7, 11) is 0. The summed E-state index contributed by atoms with van der Waals surface area (Å²) < 4.78 is 7.05. The first-order valence-corrected chi connectivity index (χ1v) is 9.97. The molecule has 3 aromatic rings. The lowest BCUT2D eigenvalue weighted by Crippen LogP contribution is -2.24. The molecule has 1 heterocycles. The maximum atomic E-state index is 12.0. The monoisotopic (exact) mass is 470 g/mol. The van der Waals surface area contributed by atoms with Crippen molar-refractivity contribution in [1.82, 2.24) is 9.99 Å². The van der Waals surface area contributed by atoms with E-state index in [1.54, 1.807) is 12.1 Å². The number of halogens is 1. The molecular weight excluding hydrogens is 452 g/mol. The minimum Gasteiger partial charge on any atom is -0.478 e. The molecule has 0 aliphatic rings. The molecule has 11 heteroatoms. The van der Waals surface area contributed by atoms with Crippen LogP contribution in [0.1, 0.15) is 27.3 Å². The Bertz CT molecular complexity index is 1270. The highest BCUT2D eigenvalue weighted by Crippen LogP contribution is 2.26. The van der Waals surface area contributed by atoms with Crippen LogP contribution >= 0.6 is 11.6 Å². The van der Waals surface area contributed by atoms with Crippen LogP contribution in [0, 0.1) is 24.0 Å². The summed E-state index contributed by atoms with van der Waals surface area (Å²) in [6.07, 6.45) is 1.44. The SMILES string of the molecule is Cc1cc(/C=N/NC(=O)COc2ccccc2[N+](=O)[O-])c(C)n1-c1ccc(Cl)c(C(=O)O)c1. The molecule has 0 fully saturated rings. The third-order valence-electron chi connectivity index (χ3n) is 4.72. The van der Waals surface area contributed by atoms with Crippen molar-refractivity contribution in [2.75, 3.05) is 6.61 Å². The number of aromatic nitrogens is 1. The molecule has 1 aromatic heterocycles. The van der Waals surface area contributed by atoms with E-state index in [4.69, 9.17) is 16.3 Å². The molecular formula is C22H19ClN4O6. The molecule has 0 saturated carbocycles. The predicted molar refractivity (Wildman–Crippen MR) is 122 cm³/mol. The first-order valence-electron chi connectivity index (χ1n) is 9.59. The average Bonchev–Trinajstić information content (AvgIpc) is 3.05. The Morgan fingerprint density at radius 2 is 1.97 bits per heavy atom. The van der Waals surface area contributed by atoms with Gasteiger partial charge >= 0.3 is 11.7 Å². The first-order chi connectivity index (χ1) is 15.7. The van der Waals surface area contributed by atoms with E-state index in [0.717, 1.165) is 11.4 Å². The Hall–Kier alpha value is -4.18. The van der Waals surface area contributed by atoms with Gasteiger partial charge in [0, 0.05) is 28.7 Å². The van der Waals surface area contributed by atoms with E-state index in [-0.39, 0.29) is 22.0 Å². The maximum Gasteiger partial charge on any atom is 0.337 e. The summed E-state index contributed by atoms with van der Waals surface area (Å²) in [5, 5.41) is 24.4. The molecule has 0 atom stereocenters. The Balaban J connectivity index is 1.69.